The third-order valence-corrected chi connectivity index (χ3v) is 7.31. The van der Waals surface area contributed by atoms with Crippen molar-refractivity contribution in [3.8, 4) is 0 Å². The predicted molar refractivity (Wildman–Crippen MR) is 123 cm³/mol. The lowest BCUT2D eigenvalue weighted by atomic mass is 9.97. The van der Waals surface area contributed by atoms with Crippen LogP contribution in [0.25, 0.3) is 32.0 Å². The summed E-state index contributed by atoms with van der Waals surface area (Å²) in [7, 11) is 0. The molecule has 4 nitrogen and oxygen atoms in total. The number of thiophene rings is 1. The fourth-order valence-electron chi connectivity index (χ4n) is 4.68. The maximum absolute atomic E-state index is 4.61. The van der Waals surface area contributed by atoms with Gasteiger partial charge in [-0.1, -0.05) is 31.2 Å². The number of rotatable bonds is 3. The topological polar surface area (TPSA) is 53.6 Å². The number of aromatic amines is 1. The number of hydrogen-bond donors (Lipinski definition) is 2. The van der Waals surface area contributed by atoms with E-state index in [9.17, 15) is 0 Å². The molecule has 0 radical (unpaired) electrons. The Morgan fingerprint density at radius 1 is 1.07 bits per heavy atom. The second-order valence-electron chi connectivity index (χ2n) is 7.82. The largest absolute Gasteiger partial charge is 0.354 e. The lowest BCUT2D eigenvalue weighted by Gasteiger charge is -2.12. The van der Waals surface area contributed by atoms with E-state index >= 15 is 0 Å². The molecule has 3 heterocycles. The summed E-state index contributed by atoms with van der Waals surface area (Å²) in [5, 5.41) is 7.36. The van der Waals surface area contributed by atoms with Crippen molar-refractivity contribution in [3.63, 3.8) is 0 Å². The van der Waals surface area contributed by atoms with Crippen LogP contribution in [0.3, 0.4) is 0 Å². The van der Waals surface area contributed by atoms with E-state index in [1.165, 1.54) is 56.9 Å². The summed E-state index contributed by atoms with van der Waals surface area (Å²) in [6, 6.07) is 13.1. The molecule has 5 heteroatoms. The van der Waals surface area contributed by atoms with Gasteiger partial charge in [-0.25, -0.2) is 9.97 Å². The van der Waals surface area contributed by atoms with Crippen LogP contribution in [0.15, 0.2) is 42.7 Å². The van der Waals surface area contributed by atoms with Gasteiger partial charge in [-0.2, -0.15) is 0 Å². The number of benzene rings is 2. The summed E-state index contributed by atoms with van der Waals surface area (Å²) in [5.41, 5.74) is 6.27. The van der Waals surface area contributed by atoms with Crippen molar-refractivity contribution in [2.24, 2.45) is 0 Å². The second kappa shape index (κ2) is 6.56. The van der Waals surface area contributed by atoms with Gasteiger partial charge < -0.3 is 10.3 Å². The van der Waals surface area contributed by atoms with Crippen molar-refractivity contribution in [3.05, 3.63) is 58.7 Å². The van der Waals surface area contributed by atoms with Crippen LogP contribution in [0, 0.1) is 0 Å². The number of hydrogen-bond acceptors (Lipinski definition) is 4. The van der Waals surface area contributed by atoms with E-state index in [0.717, 1.165) is 34.7 Å². The van der Waals surface area contributed by atoms with Gasteiger partial charge in [-0.3, -0.25) is 0 Å². The first kappa shape index (κ1) is 17.0. The number of aromatic nitrogens is 3. The van der Waals surface area contributed by atoms with Crippen LogP contribution in [0.5, 0.6) is 0 Å². The molecular weight excluding hydrogens is 376 g/mol. The molecule has 6 rings (SSSR count). The van der Waals surface area contributed by atoms with Crippen molar-refractivity contribution in [2.75, 3.05) is 5.32 Å². The number of H-pyrrole nitrogens is 1. The summed E-state index contributed by atoms with van der Waals surface area (Å²) in [5.74, 6) is 0.930. The average molecular weight is 399 g/mol. The molecule has 0 atom stereocenters. The average Bonchev–Trinajstić information content (AvgIpc) is 3.32. The molecule has 144 valence electrons. The molecule has 0 saturated carbocycles. The van der Waals surface area contributed by atoms with Crippen LogP contribution < -0.4 is 5.32 Å². The van der Waals surface area contributed by atoms with Crippen molar-refractivity contribution < 1.29 is 0 Å². The zero-order valence-corrected chi connectivity index (χ0v) is 17.2. The first-order valence-electron chi connectivity index (χ1n) is 10.4. The highest BCUT2D eigenvalue weighted by Gasteiger charge is 2.20. The molecule has 0 aliphatic heterocycles. The summed E-state index contributed by atoms with van der Waals surface area (Å²) < 4.78 is 0. The standard InChI is InChI=1S/C24H22N4S/c1-2-14-6-5-8-17-16-11-10-15(12-19(16)28-22(14)17)27-23-21-18-7-3-4-9-20(18)29-24(21)26-13-25-23/h5-6,8,10-13,28H,2-4,7,9H2,1H3,(H,25,26,27). The van der Waals surface area contributed by atoms with E-state index in [1.807, 2.05) is 11.3 Å². The lowest BCUT2D eigenvalue weighted by Crippen LogP contribution is -2.01. The van der Waals surface area contributed by atoms with E-state index in [2.05, 4.69) is 63.6 Å². The lowest BCUT2D eigenvalue weighted by molar-refractivity contribution is 0.700. The van der Waals surface area contributed by atoms with Crippen molar-refractivity contribution in [2.45, 2.75) is 39.0 Å². The molecule has 0 unspecified atom stereocenters. The smallest absolute Gasteiger partial charge is 0.142 e. The van der Waals surface area contributed by atoms with Crippen LogP contribution in [-0.2, 0) is 19.3 Å². The summed E-state index contributed by atoms with van der Waals surface area (Å²) in [6.45, 7) is 2.20. The molecule has 0 spiro atoms. The maximum atomic E-state index is 4.61. The molecule has 0 bridgehead atoms. The maximum Gasteiger partial charge on any atom is 0.142 e. The molecule has 3 aromatic heterocycles. The van der Waals surface area contributed by atoms with Gasteiger partial charge in [0.25, 0.3) is 0 Å². The molecule has 0 fully saturated rings. The van der Waals surface area contributed by atoms with Gasteiger partial charge in [0.05, 0.1) is 5.39 Å². The van der Waals surface area contributed by atoms with Gasteiger partial charge in [0.15, 0.2) is 0 Å². The summed E-state index contributed by atoms with van der Waals surface area (Å²) in [4.78, 5) is 15.4. The van der Waals surface area contributed by atoms with Crippen LogP contribution in [-0.4, -0.2) is 15.0 Å². The third kappa shape index (κ3) is 2.64. The first-order chi connectivity index (χ1) is 14.3. The van der Waals surface area contributed by atoms with Gasteiger partial charge in [0, 0.05) is 32.4 Å². The molecule has 1 aliphatic rings. The highest BCUT2D eigenvalue weighted by Crippen LogP contribution is 2.39. The molecule has 2 N–H and O–H groups in total. The third-order valence-electron chi connectivity index (χ3n) is 6.12. The van der Waals surface area contributed by atoms with E-state index in [1.54, 1.807) is 6.33 Å². The number of nitrogens with one attached hydrogen (secondary N) is 2. The van der Waals surface area contributed by atoms with Crippen molar-refractivity contribution >= 4 is 54.9 Å². The van der Waals surface area contributed by atoms with Crippen LogP contribution in [0.2, 0.25) is 0 Å². The Kier molecular flexibility index (Phi) is 3.84. The van der Waals surface area contributed by atoms with Crippen LogP contribution in [0.4, 0.5) is 11.5 Å². The van der Waals surface area contributed by atoms with Gasteiger partial charge >= 0.3 is 0 Å². The number of anilines is 2. The number of para-hydroxylation sites is 1. The Morgan fingerprint density at radius 3 is 2.93 bits per heavy atom. The minimum absolute atomic E-state index is 0.930. The highest BCUT2D eigenvalue weighted by atomic mass is 32.1. The highest BCUT2D eigenvalue weighted by molar-refractivity contribution is 7.19. The SMILES string of the molecule is CCc1cccc2c1[nH]c1cc(Nc3ncnc4sc5c(c34)CCCC5)ccc12. The Labute approximate surface area is 173 Å². The molecular formula is C24H22N4S. The number of nitrogens with zero attached hydrogens (tertiary/aromatic N) is 2. The van der Waals surface area contributed by atoms with E-state index in [4.69, 9.17) is 0 Å². The van der Waals surface area contributed by atoms with Crippen LogP contribution in [0.1, 0.15) is 35.8 Å². The zero-order valence-electron chi connectivity index (χ0n) is 16.4. The minimum atomic E-state index is 0.930. The first-order valence-corrected chi connectivity index (χ1v) is 11.2. The van der Waals surface area contributed by atoms with E-state index in [-0.39, 0.29) is 0 Å². The van der Waals surface area contributed by atoms with Crippen LogP contribution >= 0.6 is 11.3 Å². The molecule has 29 heavy (non-hydrogen) atoms. The Hall–Kier alpha value is -2.92. The normalized spacial score (nSPS) is 14.0. The summed E-state index contributed by atoms with van der Waals surface area (Å²) in [6.07, 6.45) is 7.56. The zero-order chi connectivity index (χ0) is 19.4. The monoisotopic (exact) mass is 398 g/mol. The van der Waals surface area contributed by atoms with Gasteiger partial charge in [-0.15, -0.1) is 11.3 Å². The van der Waals surface area contributed by atoms with E-state index < -0.39 is 0 Å². The predicted octanol–water partition coefficient (Wildman–Crippen LogP) is 6.51. The quantitative estimate of drug-likeness (QED) is 0.364. The fraction of sp³-hybridized carbons (Fsp3) is 0.250. The Bertz CT molecular complexity index is 1380. The fourth-order valence-corrected chi connectivity index (χ4v) is 5.91. The Balaban J connectivity index is 1.46. The van der Waals surface area contributed by atoms with Gasteiger partial charge in [-0.05, 0) is 55.4 Å². The second-order valence-corrected chi connectivity index (χ2v) is 8.90. The van der Waals surface area contributed by atoms with Gasteiger partial charge in [0.1, 0.15) is 17.0 Å². The molecule has 0 saturated heterocycles. The molecule has 1 aliphatic carbocycles. The van der Waals surface area contributed by atoms with Crippen molar-refractivity contribution in [1.29, 1.82) is 0 Å². The van der Waals surface area contributed by atoms with E-state index in [0.29, 0.717) is 0 Å². The molecule has 2 aromatic carbocycles. The number of fused-ring (bicyclic) bond motifs is 6. The summed E-state index contributed by atoms with van der Waals surface area (Å²) >= 11 is 1.84. The molecule has 0 amide bonds. The van der Waals surface area contributed by atoms with Crippen molar-refractivity contribution in [1.82, 2.24) is 15.0 Å². The number of aryl methyl sites for hydroxylation is 3. The molecule has 5 aromatic rings. The van der Waals surface area contributed by atoms with Gasteiger partial charge in [0.2, 0.25) is 0 Å². The minimum Gasteiger partial charge on any atom is -0.354 e. The Morgan fingerprint density at radius 2 is 2.00 bits per heavy atom.